The molecule has 3 aliphatic heterocycles. The zero-order valence-electron chi connectivity index (χ0n) is 14.5. The number of hydrogen-bond acceptors (Lipinski definition) is 5. The summed E-state index contributed by atoms with van der Waals surface area (Å²) in [7, 11) is 0. The van der Waals surface area contributed by atoms with Gasteiger partial charge in [0.25, 0.3) is 0 Å². The minimum absolute atomic E-state index is 0.225. The molecule has 1 atom stereocenters. The molecule has 1 aromatic carbocycles. The molecule has 1 fully saturated rings. The summed E-state index contributed by atoms with van der Waals surface area (Å²) < 4.78 is 1.96. The van der Waals surface area contributed by atoms with E-state index in [-0.39, 0.29) is 6.04 Å². The van der Waals surface area contributed by atoms with Crippen LogP contribution in [0.4, 0.5) is 5.82 Å². The molecule has 0 bridgehead atoms. The number of benzene rings is 1. The molecule has 0 unspecified atom stereocenters. The van der Waals surface area contributed by atoms with Crippen molar-refractivity contribution in [3.8, 4) is 17.6 Å². The lowest BCUT2D eigenvalue weighted by Gasteiger charge is -2.10. The highest BCUT2D eigenvalue weighted by Crippen LogP contribution is 2.38. The first kappa shape index (κ1) is 15.3. The Labute approximate surface area is 152 Å². The summed E-state index contributed by atoms with van der Waals surface area (Å²) in [5.41, 5.74) is 2.09. The lowest BCUT2D eigenvalue weighted by atomic mass is 10.1. The second-order valence-electron chi connectivity index (χ2n) is 7.27. The molecular formula is C20H20N6. The number of hydrogen-bond donors (Lipinski definition) is 1. The minimum Gasteiger partial charge on any atom is -0.365 e. The highest BCUT2D eigenvalue weighted by molar-refractivity contribution is 5.70. The molecule has 1 aliphatic carbocycles. The highest BCUT2D eigenvalue weighted by Gasteiger charge is 2.32. The van der Waals surface area contributed by atoms with Gasteiger partial charge >= 0.3 is 0 Å². The third-order valence-corrected chi connectivity index (χ3v) is 5.51. The fraction of sp³-hybridized carbons (Fsp3) is 0.400. The van der Waals surface area contributed by atoms with Gasteiger partial charge in [0, 0.05) is 18.5 Å². The summed E-state index contributed by atoms with van der Waals surface area (Å²) in [4.78, 5) is 14.0. The van der Waals surface area contributed by atoms with Gasteiger partial charge in [-0.05, 0) is 24.8 Å². The summed E-state index contributed by atoms with van der Waals surface area (Å²) >= 11 is 0. The number of fused-ring (bicyclic) bond motifs is 3. The molecule has 0 spiro atoms. The van der Waals surface area contributed by atoms with E-state index in [1.807, 2.05) is 10.6 Å². The number of nitrogens with one attached hydrogen (secondary N) is 1. The molecule has 3 heterocycles. The normalized spacial score (nSPS) is 19.4. The number of aromatic nitrogens is 4. The Morgan fingerprint density at radius 2 is 1.92 bits per heavy atom. The third kappa shape index (κ3) is 2.51. The van der Waals surface area contributed by atoms with Crippen LogP contribution < -0.4 is 5.32 Å². The Morgan fingerprint density at radius 3 is 2.69 bits per heavy atom. The van der Waals surface area contributed by atoms with Crippen molar-refractivity contribution in [3.63, 3.8) is 0 Å². The predicted molar refractivity (Wildman–Crippen MR) is 97.9 cm³/mol. The molecule has 130 valence electrons. The van der Waals surface area contributed by atoms with Crippen LogP contribution in [0.5, 0.6) is 0 Å². The molecule has 0 radical (unpaired) electrons. The Morgan fingerprint density at radius 1 is 1.12 bits per heavy atom. The minimum atomic E-state index is 0.225. The van der Waals surface area contributed by atoms with E-state index < -0.39 is 0 Å². The van der Waals surface area contributed by atoms with E-state index in [0.717, 1.165) is 43.1 Å². The number of anilines is 1. The van der Waals surface area contributed by atoms with E-state index >= 15 is 0 Å². The monoisotopic (exact) mass is 344 g/mol. The van der Waals surface area contributed by atoms with Gasteiger partial charge in [-0.15, -0.1) is 0 Å². The summed E-state index contributed by atoms with van der Waals surface area (Å²) in [6.45, 7) is 0.724. The molecule has 0 aromatic heterocycles. The molecule has 5 rings (SSSR count). The Kier molecular flexibility index (Phi) is 3.59. The van der Waals surface area contributed by atoms with Gasteiger partial charge in [0.1, 0.15) is 17.7 Å². The lowest BCUT2D eigenvalue weighted by molar-refractivity contribution is 0.632. The first-order chi connectivity index (χ1) is 12.8. The van der Waals surface area contributed by atoms with Crippen molar-refractivity contribution in [1.82, 2.24) is 19.5 Å². The number of nitrogens with zero attached hydrogens (tertiary/aromatic N) is 5. The molecule has 0 amide bonds. The maximum absolute atomic E-state index is 9.55. The second-order valence-corrected chi connectivity index (χ2v) is 7.27. The van der Waals surface area contributed by atoms with Crippen LogP contribution in [0.3, 0.4) is 0 Å². The van der Waals surface area contributed by atoms with Crippen LogP contribution in [0.25, 0.3) is 11.5 Å². The van der Waals surface area contributed by atoms with Crippen molar-refractivity contribution in [2.24, 2.45) is 0 Å². The van der Waals surface area contributed by atoms with Gasteiger partial charge in [0.05, 0.1) is 0 Å². The zero-order chi connectivity index (χ0) is 17.5. The van der Waals surface area contributed by atoms with Crippen LogP contribution in [0, 0.1) is 11.3 Å². The van der Waals surface area contributed by atoms with E-state index in [4.69, 9.17) is 4.98 Å². The quantitative estimate of drug-likeness (QED) is 0.788. The second kappa shape index (κ2) is 6.10. The van der Waals surface area contributed by atoms with E-state index in [9.17, 15) is 5.26 Å². The van der Waals surface area contributed by atoms with E-state index in [1.54, 1.807) is 0 Å². The average Bonchev–Trinajstić information content (AvgIpc) is 3.39. The van der Waals surface area contributed by atoms with Gasteiger partial charge in [-0.25, -0.2) is 9.97 Å². The summed E-state index contributed by atoms with van der Waals surface area (Å²) in [6, 6.07) is 12.9. The van der Waals surface area contributed by atoms with Crippen LogP contribution in [-0.2, 0) is 13.0 Å². The van der Waals surface area contributed by atoms with Crippen molar-refractivity contribution < 1.29 is 0 Å². The largest absolute Gasteiger partial charge is 0.365 e. The molecule has 6 heteroatoms. The van der Waals surface area contributed by atoms with E-state index in [1.165, 1.54) is 18.4 Å². The molecule has 26 heavy (non-hydrogen) atoms. The van der Waals surface area contributed by atoms with E-state index in [2.05, 4.69) is 45.6 Å². The van der Waals surface area contributed by atoms with Gasteiger partial charge in [-0.3, -0.25) is 4.57 Å². The molecule has 6 nitrogen and oxygen atoms in total. The first-order valence-electron chi connectivity index (χ1n) is 9.30. The molecule has 0 saturated heterocycles. The van der Waals surface area contributed by atoms with Crippen molar-refractivity contribution in [2.45, 2.75) is 50.6 Å². The Bertz CT molecular complexity index is 949. The third-order valence-electron chi connectivity index (χ3n) is 5.51. The SMILES string of the molecule is N#Cc1nc2nc(C3CCCC3)nc-2c2n1C[C@@H](Cc1ccccc1)N2. The van der Waals surface area contributed by atoms with Crippen LogP contribution >= 0.6 is 0 Å². The van der Waals surface area contributed by atoms with Crippen LogP contribution in [0.1, 0.15) is 48.8 Å². The Hall–Kier alpha value is -2.94. The fourth-order valence-electron chi connectivity index (χ4n) is 4.23. The zero-order valence-corrected chi connectivity index (χ0v) is 14.5. The molecule has 1 aromatic rings. The molecule has 1 saturated carbocycles. The molecule has 4 aliphatic rings. The summed E-state index contributed by atoms with van der Waals surface area (Å²) in [5.74, 6) is 3.24. The number of rotatable bonds is 3. The topological polar surface area (TPSA) is 79.4 Å². The van der Waals surface area contributed by atoms with Gasteiger partial charge in [-0.2, -0.15) is 10.2 Å². The summed E-state index contributed by atoms with van der Waals surface area (Å²) in [5, 5.41) is 13.1. The van der Waals surface area contributed by atoms with Gasteiger partial charge < -0.3 is 5.32 Å². The smallest absolute Gasteiger partial charge is 0.216 e. The average molecular weight is 344 g/mol. The van der Waals surface area contributed by atoms with Gasteiger partial charge in [-0.1, -0.05) is 43.2 Å². The van der Waals surface area contributed by atoms with Gasteiger partial charge in [0.2, 0.25) is 5.82 Å². The lowest BCUT2D eigenvalue weighted by Crippen LogP contribution is -2.19. The van der Waals surface area contributed by atoms with Crippen molar-refractivity contribution in [1.29, 1.82) is 5.26 Å². The predicted octanol–water partition coefficient (Wildman–Crippen LogP) is 3.34. The standard InChI is InChI=1S/C20H20N6/c21-11-16-23-19-17(24-18(25-19)14-8-4-5-9-14)20-22-15(12-26(16)20)10-13-6-2-1-3-7-13/h1-3,6-7,14-15,22H,4-5,8-10,12H2/t15-/m1/s1. The number of nitriles is 1. The van der Waals surface area contributed by atoms with Crippen molar-refractivity contribution >= 4 is 5.82 Å². The summed E-state index contributed by atoms with van der Waals surface area (Å²) in [6.07, 6.45) is 5.70. The molecule has 1 N–H and O–H groups in total. The van der Waals surface area contributed by atoms with Crippen LogP contribution in [-0.4, -0.2) is 25.6 Å². The maximum Gasteiger partial charge on any atom is 0.216 e. The Balaban J connectivity index is 1.50. The fourth-order valence-corrected chi connectivity index (χ4v) is 4.23. The van der Waals surface area contributed by atoms with Crippen LogP contribution in [0.15, 0.2) is 30.3 Å². The van der Waals surface area contributed by atoms with Crippen LogP contribution in [0.2, 0.25) is 0 Å². The maximum atomic E-state index is 9.55. The molecular weight excluding hydrogens is 324 g/mol. The van der Waals surface area contributed by atoms with Crippen molar-refractivity contribution in [3.05, 3.63) is 47.5 Å². The highest BCUT2D eigenvalue weighted by atomic mass is 15.3. The van der Waals surface area contributed by atoms with E-state index in [0.29, 0.717) is 17.6 Å². The van der Waals surface area contributed by atoms with Crippen molar-refractivity contribution in [2.75, 3.05) is 5.32 Å². The first-order valence-corrected chi connectivity index (χ1v) is 9.30. The number of imidazole rings is 1. The van der Waals surface area contributed by atoms with Gasteiger partial charge in [0.15, 0.2) is 11.5 Å².